The molecule has 0 fully saturated rings. The normalized spacial score (nSPS) is 13.1. The van der Waals surface area contributed by atoms with Gasteiger partial charge in [0.2, 0.25) is 0 Å². The number of aliphatic hydroxyl groups is 1. The second-order valence-corrected chi connectivity index (χ2v) is 6.11. The summed E-state index contributed by atoms with van der Waals surface area (Å²) in [6.07, 6.45) is 1.95. The van der Waals surface area contributed by atoms with Gasteiger partial charge >= 0.3 is 0 Å². The first-order valence-corrected chi connectivity index (χ1v) is 7.62. The molecule has 0 unspecified atom stereocenters. The smallest absolute Gasteiger partial charge is 0.267 e. The zero-order valence-electron chi connectivity index (χ0n) is 13.5. The van der Waals surface area contributed by atoms with Crippen molar-refractivity contribution < 1.29 is 14.7 Å². The van der Waals surface area contributed by atoms with Gasteiger partial charge in [-0.1, -0.05) is 37.3 Å². The molecule has 6 nitrogen and oxygen atoms in total. The lowest BCUT2D eigenvalue weighted by atomic mass is 9.84. The van der Waals surface area contributed by atoms with Crippen LogP contribution in [0, 0.1) is 5.41 Å². The average molecular weight is 327 g/mol. The molecule has 0 bridgehead atoms. The van der Waals surface area contributed by atoms with Crippen LogP contribution in [0.2, 0.25) is 0 Å². The largest absolute Gasteiger partial charge is 0.396 e. The Hall–Kier alpha value is -2.73. The zero-order valence-corrected chi connectivity index (χ0v) is 13.5. The van der Waals surface area contributed by atoms with Gasteiger partial charge in [0.1, 0.15) is 5.69 Å². The maximum absolute atomic E-state index is 12.2. The highest BCUT2D eigenvalue weighted by Gasteiger charge is 2.25. The van der Waals surface area contributed by atoms with Crippen LogP contribution in [-0.4, -0.2) is 35.1 Å². The molecule has 1 aromatic heterocycles. The number of hydrogen-bond acceptors (Lipinski definition) is 4. The average Bonchev–Trinajstić information content (AvgIpc) is 2.60. The highest BCUT2D eigenvalue weighted by atomic mass is 16.3. The van der Waals surface area contributed by atoms with Crippen LogP contribution < -0.4 is 11.1 Å². The number of aliphatic hydroxyl groups excluding tert-OH is 1. The van der Waals surface area contributed by atoms with Crippen molar-refractivity contribution in [3.8, 4) is 0 Å². The standard InChI is InChI=1S/C18H21N3O3/c1-18(12-22,9-13-5-3-2-4-6-13)11-21-17(24)14-7-8-15(16(19)23)20-10-14/h2-8,10,22H,9,11-12H2,1H3,(H2,19,23)(H,21,24)/t18-/m0/s1. The van der Waals surface area contributed by atoms with E-state index in [1.54, 1.807) is 0 Å². The van der Waals surface area contributed by atoms with Crippen molar-refractivity contribution in [1.82, 2.24) is 10.3 Å². The van der Waals surface area contributed by atoms with Gasteiger partial charge in [-0.2, -0.15) is 0 Å². The van der Waals surface area contributed by atoms with E-state index in [1.165, 1.54) is 18.3 Å². The topological polar surface area (TPSA) is 105 Å². The molecular formula is C18H21N3O3. The number of nitrogens with two attached hydrogens (primary N) is 1. The van der Waals surface area contributed by atoms with Crippen LogP contribution in [0.25, 0.3) is 0 Å². The van der Waals surface area contributed by atoms with Crippen molar-refractivity contribution in [2.24, 2.45) is 11.1 Å². The van der Waals surface area contributed by atoms with Crippen LogP contribution in [-0.2, 0) is 6.42 Å². The van der Waals surface area contributed by atoms with Crippen molar-refractivity contribution in [2.75, 3.05) is 13.2 Å². The highest BCUT2D eigenvalue weighted by Crippen LogP contribution is 2.21. The minimum Gasteiger partial charge on any atom is -0.396 e. The number of aromatic nitrogens is 1. The van der Waals surface area contributed by atoms with Gasteiger partial charge in [-0.05, 0) is 24.1 Å². The highest BCUT2D eigenvalue weighted by molar-refractivity contribution is 5.95. The summed E-state index contributed by atoms with van der Waals surface area (Å²) in [4.78, 5) is 27.0. The Bertz CT molecular complexity index is 701. The van der Waals surface area contributed by atoms with E-state index in [9.17, 15) is 14.7 Å². The van der Waals surface area contributed by atoms with Crippen LogP contribution >= 0.6 is 0 Å². The Balaban J connectivity index is 1.99. The van der Waals surface area contributed by atoms with Gasteiger partial charge in [0.15, 0.2) is 0 Å². The number of rotatable bonds is 7. The minimum atomic E-state index is -0.641. The number of pyridine rings is 1. The Labute approximate surface area is 140 Å². The Morgan fingerprint density at radius 3 is 2.46 bits per heavy atom. The van der Waals surface area contributed by atoms with E-state index in [-0.39, 0.29) is 18.2 Å². The molecular weight excluding hydrogens is 306 g/mol. The van der Waals surface area contributed by atoms with Crippen LogP contribution in [0.15, 0.2) is 48.7 Å². The number of nitrogens with zero attached hydrogens (tertiary/aromatic N) is 1. The minimum absolute atomic E-state index is 0.0545. The lowest BCUT2D eigenvalue weighted by Crippen LogP contribution is -2.39. The molecule has 2 rings (SSSR count). The van der Waals surface area contributed by atoms with Crippen molar-refractivity contribution in [3.63, 3.8) is 0 Å². The van der Waals surface area contributed by atoms with Crippen LogP contribution in [0.3, 0.4) is 0 Å². The van der Waals surface area contributed by atoms with Gasteiger partial charge in [-0.25, -0.2) is 0 Å². The van der Waals surface area contributed by atoms with E-state index in [1.807, 2.05) is 37.3 Å². The molecule has 126 valence electrons. The van der Waals surface area contributed by atoms with Crippen LogP contribution in [0.5, 0.6) is 0 Å². The molecule has 0 aliphatic heterocycles. The predicted octanol–water partition coefficient (Wildman–Crippen LogP) is 1.15. The number of primary amides is 1. The Morgan fingerprint density at radius 2 is 1.92 bits per heavy atom. The Morgan fingerprint density at radius 1 is 1.21 bits per heavy atom. The quantitative estimate of drug-likeness (QED) is 0.709. The maximum atomic E-state index is 12.2. The lowest BCUT2D eigenvalue weighted by Gasteiger charge is -2.27. The molecule has 1 aromatic carbocycles. The summed E-state index contributed by atoms with van der Waals surface area (Å²) in [5.41, 5.74) is 6.18. The molecule has 0 radical (unpaired) electrons. The first-order chi connectivity index (χ1) is 11.4. The first kappa shape index (κ1) is 17.6. The SMILES string of the molecule is C[C@@](CO)(CNC(=O)c1ccc(C(N)=O)nc1)Cc1ccccc1. The third-order valence-corrected chi connectivity index (χ3v) is 3.81. The summed E-state index contributed by atoms with van der Waals surface area (Å²) in [5, 5.41) is 12.5. The van der Waals surface area contributed by atoms with E-state index in [2.05, 4.69) is 10.3 Å². The third kappa shape index (κ3) is 4.63. The number of benzene rings is 1. The fourth-order valence-electron chi connectivity index (χ4n) is 2.33. The zero-order chi connectivity index (χ0) is 17.6. The second-order valence-electron chi connectivity index (χ2n) is 6.11. The number of carbonyl (C=O) groups excluding carboxylic acids is 2. The molecule has 0 saturated carbocycles. The fourth-order valence-corrected chi connectivity index (χ4v) is 2.33. The molecule has 0 aliphatic rings. The number of hydrogen-bond donors (Lipinski definition) is 3. The van der Waals surface area contributed by atoms with Crippen LogP contribution in [0.1, 0.15) is 33.3 Å². The van der Waals surface area contributed by atoms with Crippen molar-refractivity contribution in [1.29, 1.82) is 0 Å². The molecule has 1 heterocycles. The number of carbonyl (C=O) groups is 2. The fraction of sp³-hybridized carbons (Fsp3) is 0.278. The number of amides is 2. The van der Waals surface area contributed by atoms with E-state index < -0.39 is 11.3 Å². The molecule has 2 amide bonds. The summed E-state index contributed by atoms with van der Waals surface area (Å²) in [6.45, 7) is 2.17. The van der Waals surface area contributed by atoms with E-state index in [0.717, 1.165) is 5.56 Å². The van der Waals surface area contributed by atoms with Crippen LogP contribution in [0.4, 0.5) is 0 Å². The van der Waals surface area contributed by atoms with E-state index in [0.29, 0.717) is 18.5 Å². The molecule has 0 saturated heterocycles. The first-order valence-electron chi connectivity index (χ1n) is 7.62. The summed E-state index contributed by atoms with van der Waals surface area (Å²) in [7, 11) is 0. The molecule has 0 spiro atoms. The maximum Gasteiger partial charge on any atom is 0.267 e. The second kappa shape index (κ2) is 7.70. The van der Waals surface area contributed by atoms with Gasteiger partial charge in [0.25, 0.3) is 11.8 Å². The van der Waals surface area contributed by atoms with E-state index in [4.69, 9.17) is 5.73 Å². The molecule has 24 heavy (non-hydrogen) atoms. The van der Waals surface area contributed by atoms with Gasteiger partial charge < -0.3 is 16.2 Å². The molecule has 0 aliphatic carbocycles. The van der Waals surface area contributed by atoms with E-state index >= 15 is 0 Å². The van der Waals surface area contributed by atoms with Gasteiger partial charge in [-0.15, -0.1) is 0 Å². The summed E-state index contributed by atoms with van der Waals surface area (Å²) < 4.78 is 0. The lowest BCUT2D eigenvalue weighted by molar-refractivity contribution is 0.0893. The summed E-state index contributed by atoms with van der Waals surface area (Å²) in [5.74, 6) is -0.955. The van der Waals surface area contributed by atoms with Gasteiger partial charge in [0, 0.05) is 18.2 Å². The molecule has 4 N–H and O–H groups in total. The monoisotopic (exact) mass is 327 g/mol. The number of nitrogens with one attached hydrogen (secondary N) is 1. The molecule has 2 aromatic rings. The van der Waals surface area contributed by atoms with Crippen molar-refractivity contribution >= 4 is 11.8 Å². The third-order valence-electron chi connectivity index (χ3n) is 3.81. The Kier molecular flexibility index (Phi) is 5.65. The van der Waals surface area contributed by atoms with Crippen molar-refractivity contribution in [3.05, 3.63) is 65.5 Å². The molecule has 6 heteroatoms. The predicted molar refractivity (Wildman–Crippen MR) is 90.4 cm³/mol. The summed E-state index contributed by atoms with van der Waals surface area (Å²) >= 11 is 0. The van der Waals surface area contributed by atoms with Crippen molar-refractivity contribution in [2.45, 2.75) is 13.3 Å². The summed E-state index contributed by atoms with van der Waals surface area (Å²) in [6, 6.07) is 12.7. The molecule has 1 atom stereocenters. The van der Waals surface area contributed by atoms with Gasteiger partial charge in [-0.3, -0.25) is 14.6 Å². The van der Waals surface area contributed by atoms with Gasteiger partial charge in [0.05, 0.1) is 12.2 Å².